The molecule has 1 amide bonds. The number of ether oxygens (including phenoxy) is 1. The number of hydrogen-bond acceptors (Lipinski definition) is 6. The van der Waals surface area contributed by atoms with E-state index >= 15 is 0 Å². The minimum atomic E-state index is -0.477. The van der Waals surface area contributed by atoms with Crippen molar-refractivity contribution < 1.29 is 23.6 Å². The Balaban J connectivity index is 1.95. The standard InChI is InChI=1S/C18H19FN2O4S/c1-4-24-18(23)16-11(2)12(3)26-17(16)21-15(22)10-25-20-9-13-6-5-7-14(19)8-13/h5-9H,4,10H2,1-3H3,(H,21,22)/b20-9-. The molecular weight excluding hydrogens is 359 g/mol. The third kappa shape index (κ3) is 5.13. The van der Waals surface area contributed by atoms with Crippen LogP contribution in [0.3, 0.4) is 0 Å². The van der Waals surface area contributed by atoms with Gasteiger partial charge in [-0.1, -0.05) is 17.3 Å². The highest BCUT2D eigenvalue weighted by Crippen LogP contribution is 2.32. The Morgan fingerprint density at radius 2 is 2.12 bits per heavy atom. The van der Waals surface area contributed by atoms with Crippen molar-refractivity contribution in [1.29, 1.82) is 0 Å². The van der Waals surface area contributed by atoms with Gasteiger partial charge in [-0.3, -0.25) is 4.79 Å². The Morgan fingerprint density at radius 3 is 2.81 bits per heavy atom. The summed E-state index contributed by atoms with van der Waals surface area (Å²) in [6.45, 7) is 5.28. The Kier molecular flexibility index (Phi) is 6.85. The van der Waals surface area contributed by atoms with E-state index in [-0.39, 0.29) is 19.0 Å². The zero-order chi connectivity index (χ0) is 19.1. The molecule has 8 heteroatoms. The smallest absolute Gasteiger partial charge is 0.341 e. The molecule has 0 fully saturated rings. The first kappa shape index (κ1) is 19.6. The van der Waals surface area contributed by atoms with Crippen LogP contribution >= 0.6 is 11.3 Å². The van der Waals surface area contributed by atoms with Gasteiger partial charge in [-0.25, -0.2) is 9.18 Å². The SMILES string of the molecule is CCOC(=O)c1c(NC(=O)CO/N=C\c2cccc(F)c2)sc(C)c1C. The molecule has 0 radical (unpaired) electrons. The maximum atomic E-state index is 13.0. The minimum Gasteiger partial charge on any atom is -0.462 e. The predicted molar refractivity (Wildman–Crippen MR) is 98.3 cm³/mol. The molecule has 138 valence electrons. The van der Waals surface area contributed by atoms with Crippen molar-refractivity contribution in [3.63, 3.8) is 0 Å². The molecular formula is C18H19FN2O4S. The molecule has 0 aliphatic heterocycles. The van der Waals surface area contributed by atoms with Crippen molar-refractivity contribution in [2.24, 2.45) is 5.16 Å². The summed E-state index contributed by atoms with van der Waals surface area (Å²) in [4.78, 5) is 29.9. The van der Waals surface area contributed by atoms with Gasteiger partial charge in [-0.15, -0.1) is 11.3 Å². The Hall–Kier alpha value is -2.74. The van der Waals surface area contributed by atoms with E-state index in [1.54, 1.807) is 26.0 Å². The van der Waals surface area contributed by atoms with Crippen molar-refractivity contribution in [3.8, 4) is 0 Å². The minimum absolute atomic E-state index is 0.248. The van der Waals surface area contributed by atoms with Gasteiger partial charge >= 0.3 is 5.97 Å². The highest BCUT2D eigenvalue weighted by Gasteiger charge is 2.22. The summed E-state index contributed by atoms with van der Waals surface area (Å²) in [7, 11) is 0. The molecule has 0 aliphatic carbocycles. The molecule has 0 saturated carbocycles. The molecule has 0 saturated heterocycles. The van der Waals surface area contributed by atoms with E-state index in [2.05, 4.69) is 10.5 Å². The summed E-state index contributed by atoms with van der Waals surface area (Å²) in [5.74, 6) is -1.33. The molecule has 0 spiro atoms. The number of anilines is 1. The van der Waals surface area contributed by atoms with Gasteiger partial charge in [0.1, 0.15) is 10.8 Å². The number of aryl methyl sites for hydroxylation is 1. The average molecular weight is 378 g/mol. The van der Waals surface area contributed by atoms with Gasteiger partial charge in [-0.2, -0.15) is 0 Å². The second-order valence-electron chi connectivity index (χ2n) is 5.32. The van der Waals surface area contributed by atoms with Crippen LogP contribution in [0.2, 0.25) is 0 Å². The molecule has 1 N–H and O–H groups in total. The summed E-state index contributed by atoms with van der Waals surface area (Å²) < 4.78 is 18.1. The predicted octanol–water partition coefficient (Wildman–Crippen LogP) is 3.67. The fourth-order valence-corrected chi connectivity index (χ4v) is 3.17. The summed E-state index contributed by atoms with van der Waals surface area (Å²) in [5.41, 5.74) is 1.64. The van der Waals surface area contributed by atoms with E-state index in [0.29, 0.717) is 16.1 Å². The van der Waals surface area contributed by atoms with Crippen LogP contribution in [0.5, 0.6) is 0 Å². The first-order chi connectivity index (χ1) is 12.4. The van der Waals surface area contributed by atoms with Gasteiger partial charge in [-0.05, 0) is 44.0 Å². The van der Waals surface area contributed by atoms with E-state index in [4.69, 9.17) is 9.57 Å². The molecule has 1 aromatic carbocycles. The lowest BCUT2D eigenvalue weighted by Crippen LogP contribution is -2.18. The normalized spacial score (nSPS) is 10.8. The second-order valence-corrected chi connectivity index (χ2v) is 6.54. The van der Waals surface area contributed by atoms with Crippen LogP contribution in [-0.4, -0.2) is 31.3 Å². The molecule has 0 aliphatic rings. The average Bonchev–Trinajstić information content (AvgIpc) is 2.86. The van der Waals surface area contributed by atoms with E-state index in [1.165, 1.54) is 29.7 Å². The zero-order valence-corrected chi connectivity index (χ0v) is 15.5. The zero-order valence-electron chi connectivity index (χ0n) is 14.7. The van der Waals surface area contributed by atoms with Gasteiger partial charge in [0.2, 0.25) is 0 Å². The second kappa shape index (κ2) is 9.10. The lowest BCUT2D eigenvalue weighted by molar-refractivity contribution is -0.120. The molecule has 1 heterocycles. The number of rotatable bonds is 7. The Bertz CT molecular complexity index is 833. The molecule has 2 rings (SSSR count). The molecule has 6 nitrogen and oxygen atoms in total. The van der Waals surface area contributed by atoms with Crippen molar-refractivity contribution in [2.45, 2.75) is 20.8 Å². The summed E-state index contributed by atoms with van der Waals surface area (Å²) >= 11 is 1.29. The van der Waals surface area contributed by atoms with Crippen LogP contribution in [-0.2, 0) is 14.4 Å². The first-order valence-corrected chi connectivity index (χ1v) is 8.71. The lowest BCUT2D eigenvalue weighted by atomic mass is 10.1. The number of esters is 1. The molecule has 26 heavy (non-hydrogen) atoms. The quantitative estimate of drug-likeness (QED) is 0.453. The number of thiophene rings is 1. The van der Waals surface area contributed by atoms with Crippen molar-refractivity contribution in [1.82, 2.24) is 0 Å². The lowest BCUT2D eigenvalue weighted by Gasteiger charge is -2.06. The highest BCUT2D eigenvalue weighted by atomic mass is 32.1. The van der Waals surface area contributed by atoms with Crippen LogP contribution in [0.1, 0.15) is 33.3 Å². The molecule has 1 aromatic heterocycles. The maximum Gasteiger partial charge on any atom is 0.341 e. The third-order valence-corrected chi connectivity index (χ3v) is 4.56. The number of amides is 1. The monoisotopic (exact) mass is 378 g/mol. The third-order valence-electron chi connectivity index (χ3n) is 3.44. The topological polar surface area (TPSA) is 77.0 Å². The molecule has 0 unspecified atom stereocenters. The Labute approximate surface area is 154 Å². The van der Waals surface area contributed by atoms with E-state index in [1.807, 2.05) is 6.92 Å². The van der Waals surface area contributed by atoms with Crippen LogP contribution < -0.4 is 5.32 Å². The summed E-state index contributed by atoms with van der Waals surface area (Å²) in [6.07, 6.45) is 1.31. The largest absolute Gasteiger partial charge is 0.462 e. The first-order valence-electron chi connectivity index (χ1n) is 7.90. The fourth-order valence-electron chi connectivity index (χ4n) is 2.11. The Morgan fingerprint density at radius 1 is 1.35 bits per heavy atom. The van der Waals surface area contributed by atoms with Crippen LogP contribution in [0.4, 0.5) is 9.39 Å². The molecule has 0 atom stereocenters. The molecule has 2 aromatic rings. The molecule has 0 bridgehead atoms. The van der Waals surface area contributed by atoms with E-state index in [9.17, 15) is 14.0 Å². The van der Waals surface area contributed by atoms with Crippen molar-refractivity contribution in [3.05, 3.63) is 51.7 Å². The number of nitrogens with zero attached hydrogens (tertiary/aromatic N) is 1. The number of carbonyl (C=O) groups excluding carboxylic acids is 2. The number of hydrogen-bond donors (Lipinski definition) is 1. The van der Waals surface area contributed by atoms with Gasteiger partial charge < -0.3 is 14.9 Å². The van der Waals surface area contributed by atoms with Crippen LogP contribution in [0, 0.1) is 19.7 Å². The highest BCUT2D eigenvalue weighted by molar-refractivity contribution is 7.16. The van der Waals surface area contributed by atoms with E-state index < -0.39 is 11.9 Å². The van der Waals surface area contributed by atoms with Crippen molar-refractivity contribution in [2.75, 3.05) is 18.5 Å². The fraction of sp³-hybridized carbons (Fsp3) is 0.278. The number of carbonyl (C=O) groups is 2. The van der Waals surface area contributed by atoms with Gasteiger partial charge in [0.15, 0.2) is 6.61 Å². The number of oxime groups is 1. The van der Waals surface area contributed by atoms with Gasteiger partial charge in [0.05, 0.1) is 18.4 Å². The maximum absolute atomic E-state index is 13.0. The number of halogens is 1. The van der Waals surface area contributed by atoms with Gasteiger partial charge in [0.25, 0.3) is 5.91 Å². The van der Waals surface area contributed by atoms with E-state index in [0.717, 1.165) is 10.4 Å². The number of nitrogens with one attached hydrogen (secondary N) is 1. The summed E-state index contributed by atoms with van der Waals surface area (Å²) in [5, 5.41) is 6.69. The van der Waals surface area contributed by atoms with Crippen LogP contribution in [0.15, 0.2) is 29.4 Å². The summed E-state index contributed by atoms with van der Waals surface area (Å²) in [6, 6.07) is 5.80. The number of benzene rings is 1. The van der Waals surface area contributed by atoms with Crippen molar-refractivity contribution >= 4 is 34.4 Å². The van der Waals surface area contributed by atoms with Crippen LogP contribution in [0.25, 0.3) is 0 Å². The van der Waals surface area contributed by atoms with Gasteiger partial charge in [0, 0.05) is 4.88 Å².